The number of aromatic carboxylic acids is 1. The number of carboxylic acid groups (broad SMARTS) is 1. The molecule has 0 fully saturated rings. The number of anilines is 2. The van der Waals surface area contributed by atoms with Crippen LogP contribution >= 0.6 is 11.3 Å². The molecule has 0 amide bonds. The molecule has 0 spiro atoms. The SMILES string of the molecule is O=C(O)c1ccccc1Nc1ncnc2scc(-c3cccc([N+](=O)[O-])c3)c12. The summed E-state index contributed by atoms with van der Waals surface area (Å²) in [6, 6.07) is 12.8. The van der Waals surface area contributed by atoms with Gasteiger partial charge in [0, 0.05) is 23.1 Å². The molecule has 0 atom stereocenters. The normalized spacial score (nSPS) is 10.7. The molecule has 2 aromatic heterocycles. The summed E-state index contributed by atoms with van der Waals surface area (Å²) in [7, 11) is 0. The molecule has 0 saturated carbocycles. The molecule has 0 aliphatic carbocycles. The fourth-order valence-electron chi connectivity index (χ4n) is 2.88. The van der Waals surface area contributed by atoms with E-state index in [4.69, 9.17) is 0 Å². The molecule has 8 nitrogen and oxygen atoms in total. The number of nitro groups is 1. The van der Waals surface area contributed by atoms with Gasteiger partial charge < -0.3 is 10.4 Å². The number of hydrogen-bond acceptors (Lipinski definition) is 7. The highest BCUT2D eigenvalue weighted by Crippen LogP contribution is 2.38. The summed E-state index contributed by atoms with van der Waals surface area (Å²) in [5.41, 5.74) is 1.89. The first-order valence-electron chi connectivity index (χ1n) is 8.11. The van der Waals surface area contributed by atoms with Gasteiger partial charge in [-0.15, -0.1) is 11.3 Å². The summed E-state index contributed by atoms with van der Waals surface area (Å²) in [6.07, 6.45) is 1.39. The van der Waals surface area contributed by atoms with Crippen LogP contribution in [0, 0.1) is 10.1 Å². The van der Waals surface area contributed by atoms with E-state index in [0.29, 0.717) is 27.3 Å². The molecule has 9 heteroatoms. The van der Waals surface area contributed by atoms with Crippen molar-refractivity contribution in [3.63, 3.8) is 0 Å². The Kier molecular flexibility index (Phi) is 4.42. The van der Waals surface area contributed by atoms with Gasteiger partial charge in [0.15, 0.2) is 0 Å². The topological polar surface area (TPSA) is 118 Å². The zero-order chi connectivity index (χ0) is 19.7. The highest BCUT2D eigenvalue weighted by atomic mass is 32.1. The summed E-state index contributed by atoms with van der Waals surface area (Å²) in [5.74, 6) is -0.626. The van der Waals surface area contributed by atoms with E-state index in [9.17, 15) is 20.0 Å². The molecule has 0 saturated heterocycles. The lowest BCUT2D eigenvalue weighted by Gasteiger charge is -2.10. The minimum Gasteiger partial charge on any atom is -0.478 e. The number of nitro benzene ring substituents is 1. The second-order valence-electron chi connectivity index (χ2n) is 5.83. The van der Waals surface area contributed by atoms with Gasteiger partial charge >= 0.3 is 5.97 Å². The Balaban J connectivity index is 1.86. The van der Waals surface area contributed by atoms with Crippen molar-refractivity contribution in [2.24, 2.45) is 0 Å². The van der Waals surface area contributed by atoms with E-state index in [1.165, 1.54) is 35.9 Å². The Bertz CT molecular complexity index is 1220. The number of carbonyl (C=O) groups is 1. The summed E-state index contributed by atoms with van der Waals surface area (Å²) in [5, 5.41) is 26.1. The number of nitrogens with zero attached hydrogens (tertiary/aromatic N) is 3. The number of thiophene rings is 1. The van der Waals surface area contributed by atoms with Gasteiger partial charge in [0.25, 0.3) is 5.69 Å². The molecule has 2 N–H and O–H groups in total. The predicted octanol–water partition coefficient (Wildman–Crippen LogP) is 4.71. The lowest BCUT2D eigenvalue weighted by Crippen LogP contribution is -2.03. The lowest BCUT2D eigenvalue weighted by molar-refractivity contribution is -0.384. The van der Waals surface area contributed by atoms with Crippen LogP contribution in [-0.4, -0.2) is 26.0 Å². The number of rotatable bonds is 5. The summed E-state index contributed by atoms with van der Waals surface area (Å²) in [4.78, 5) is 31.4. The van der Waals surface area contributed by atoms with Crippen molar-refractivity contribution in [3.05, 3.63) is 75.9 Å². The second-order valence-corrected chi connectivity index (χ2v) is 6.69. The molecule has 28 heavy (non-hydrogen) atoms. The van der Waals surface area contributed by atoms with Gasteiger partial charge in [0.1, 0.15) is 17.0 Å². The Labute approximate surface area is 162 Å². The zero-order valence-electron chi connectivity index (χ0n) is 14.2. The Morgan fingerprint density at radius 2 is 1.96 bits per heavy atom. The van der Waals surface area contributed by atoms with E-state index >= 15 is 0 Å². The zero-order valence-corrected chi connectivity index (χ0v) is 15.0. The summed E-state index contributed by atoms with van der Waals surface area (Å²) < 4.78 is 0. The molecule has 0 aliphatic heterocycles. The van der Waals surface area contributed by atoms with Gasteiger partial charge in [-0.3, -0.25) is 10.1 Å². The van der Waals surface area contributed by atoms with Crippen LogP contribution < -0.4 is 5.32 Å². The molecule has 0 unspecified atom stereocenters. The van der Waals surface area contributed by atoms with E-state index in [2.05, 4.69) is 15.3 Å². The minimum absolute atomic E-state index is 0.0144. The molecule has 4 aromatic rings. The van der Waals surface area contributed by atoms with Gasteiger partial charge in [0.2, 0.25) is 0 Å². The van der Waals surface area contributed by atoms with Crippen LogP contribution in [0.4, 0.5) is 17.2 Å². The largest absolute Gasteiger partial charge is 0.478 e. The standard InChI is InChI=1S/C19H12N4O4S/c24-19(25)13-6-1-2-7-15(13)22-17-16-14(9-28-18(16)21-10-20-17)11-4-3-5-12(8-11)23(26)27/h1-10H,(H,24,25)(H,20,21,22). The number of hydrogen-bond donors (Lipinski definition) is 2. The number of benzene rings is 2. The highest BCUT2D eigenvalue weighted by Gasteiger charge is 2.17. The third-order valence-electron chi connectivity index (χ3n) is 4.15. The van der Waals surface area contributed by atoms with Crippen LogP contribution in [0.2, 0.25) is 0 Å². The average molecular weight is 392 g/mol. The van der Waals surface area contributed by atoms with Gasteiger partial charge in [-0.2, -0.15) is 0 Å². The van der Waals surface area contributed by atoms with Gasteiger partial charge in [-0.05, 0) is 17.7 Å². The fraction of sp³-hybridized carbons (Fsp3) is 0. The third kappa shape index (κ3) is 3.14. The van der Waals surface area contributed by atoms with Crippen molar-refractivity contribution in [1.29, 1.82) is 0 Å². The molecule has 138 valence electrons. The summed E-state index contributed by atoms with van der Waals surface area (Å²) >= 11 is 1.38. The summed E-state index contributed by atoms with van der Waals surface area (Å²) in [6.45, 7) is 0. The monoisotopic (exact) mass is 392 g/mol. The first-order chi connectivity index (χ1) is 13.5. The maximum Gasteiger partial charge on any atom is 0.337 e. The molecule has 0 aliphatic rings. The van der Waals surface area contributed by atoms with Crippen molar-refractivity contribution in [3.8, 4) is 11.1 Å². The first kappa shape index (κ1) is 17.6. The lowest BCUT2D eigenvalue weighted by atomic mass is 10.1. The number of fused-ring (bicyclic) bond motifs is 1. The minimum atomic E-state index is -1.06. The van der Waals surface area contributed by atoms with Crippen molar-refractivity contribution in [2.45, 2.75) is 0 Å². The van der Waals surface area contributed by atoms with Crippen LogP contribution in [0.1, 0.15) is 10.4 Å². The molecular weight excluding hydrogens is 380 g/mol. The molecule has 0 bridgehead atoms. The van der Waals surface area contributed by atoms with E-state index in [1.54, 1.807) is 30.3 Å². The van der Waals surface area contributed by atoms with Gasteiger partial charge in [0.05, 0.1) is 21.6 Å². The number of non-ortho nitro benzene ring substituents is 1. The number of carboxylic acids is 1. The number of nitrogens with one attached hydrogen (secondary N) is 1. The van der Waals surface area contributed by atoms with Crippen LogP contribution in [0.15, 0.2) is 60.2 Å². The Hall–Kier alpha value is -3.85. The van der Waals surface area contributed by atoms with Crippen molar-refractivity contribution >= 4 is 44.7 Å². The van der Waals surface area contributed by atoms with Crippen molar-refractivity contribution < 1.29 is 14.8 Å². The van der Waals surface area contributed by atoms with E-state index in [0.717, 1.165) is 5.56 Å². The number of para-hydroxylation sites is 1. The molecule has 2 aromatic carbocycles. The van der Waals surface area contributed by atoms with Crippen LogP contribution in [-0.2, 0) is 0 Å². The van der Waals surface area contributed by atoms with Crippen LogP contribution in [0.5, 0.6) is 0 Å². The highest BCUT2D eigenvalue weighted by molar-refractivity contribution is 7.17. The van der Waals surface area contributed by atoms with Crippen molar-refractivity contribution in [1.82, 2.24) is 9.97 Å². The average Bonchev–Trinajstić information content (AvgIpc) is 3.13. The van der Waals surface area contributed by atoms with E-state index < -0.39 is 10.9 Å². The van der Waals surface area contributed by atoms with Crippen LogP contribution in [0.25, 0.3) is 21.3 Å². The molecule has 2 heterocycles. The maximum atomic E-state index is 11.5. The smallest absolute Gasteiger partial charge is 0.337 e. The van der Waals surface area contributed by atoms with E-state index in [-0.39, 0.29) is 11.3 Å². The quantitative estimate of drug-likeness (QED) is 0.373. The van der Waals surface area contributed by atoms with Gasteiger partial charge in [-0.1, -0.05) is 24.3 Å². The molecular formula is C19H12N4O4S. The second kappa shape index (κ2) is 7.05. The first-order valence-corrected chi connectivity index (χ1v) is 8.99. The van der Waals surface area contributed by atoms with Crippen LogP contribution in [0.3, 0.4) is 0 Å². The fourth-order valence-corrected chi connectivity index (χ4v) is 3.79. The van der Waals surface area contributed by atoms with Crippen molar-refractivity contribution in [2.75, 3.05) is 5.32 Å². The van der Waals surface area contributed by atoms with E-state index in [1.807, 2.05) is 5.38 Å². The Morgan fingerprint density at radius 3 is 2.75 bits per heavy atom. The molecule has 0 radical (unpaired) electrons. The van der Waals surface area contributed by atoms with Gasteiger partial charge in [-0.25, -0.2) is 14.8 Å². The molecule has 4 rings (SSSR count). The number of aromatic nitrogens is 2. The Morgan fingerprint density at radius 1 is 1.14 bits per heavy atom. The third-order valence-corrected chi connectivity index (χ3v) is 5.04. The predicted molar refractivity (Wildman–Crippen MR) is 106 cm³/mol. The maximum absolute atomic E-state index is 11.5.